The van der Waals surface area contributed by atoms with Gasteiger partial charge in [0.1, 0.15) is 11.8 Å². The summed E-state index contributed by atoms with van der Waals surface area (Å²) in [6.07, 6.45) is 3.17. The predicted molar refractivity (Wildman–Crippen MR) is 60.9 cm³/mol. The van der Waals surface area contributed by atoms with Crippen molar-refractivity contribution in [2.75, 3.05) is 0 Å². The van der Waals surface area contributed by atoms with Crippen LogP contribution in [0.2, 0.25) is 0 Å². The largest absolute Gasteiger partial charge is 0.364 e. The smallest absolute Gasteiger partial charge is 0.270 e. The first-order valence-electron chi connectivity index (χ1n) is 5.06. The Labute approximate surface area is 98.1 Å². The monoisotopic (exact) mass is 226 g/mol. The number of nitrogens with zero attached hydrogens (tertiary/aromatic N) is 2. The third-order valence-corrected chi connectivity index (χ3v) is 2.23. The Morgan fingerprint density at radius 3 is 2.94 bits per heavy atom. The van der Waals surface area contributed by atoms with Gasteiger partial charge in [-0.2, -0.15) is 5.26 Å². The van der Waals surface area contributed by atoms with Crippen LogP contribution in [-0.4, -0.2) is 15.9 Å². The van der Waals surface area contributed by atoms with E-state index >= 15 is 0 Å². The normalized spacial score (nSPS) is 9.59. The first kappa shape index (κ1) is 10.9. The topological polar surface area (TPSA) is 81.6 Å². The number of rotatable bonds is 3. The number of H-pyrrole nitrogens is 1. The molecule has 5 nitrogen and oxygen atoms in total. The van der Waals surface area contributed by atoms with Crippen LogP contribution < -0.4 is 5.32 Å². The van der Waals surface area contributed by atoms with Crippen molar-refractivity contribution in [2.45, 2.75) is 6.54 Å². The van der Waals surface area contributed by atoms with Gasteiger partial charge in [0.15, 0.2) is 0 Å². The van der Waals surface area contributed by atoms with Crippen LogP contribution in [0.25, 0.3) is 0 Å². The van der Waals surface area contributed by atoms with E-state index < -0.39 is 0 Å². The van der Waals surface area contributed by atoms with Crippen molar-refractivity contribution in [2.24, 2.45) is 0 Å². The van der Waals surface area contributed by atoms with E-state index in [9.17, 15) is 4.79 Å². The van der Waals surface area contributed by atoms with Gasteiger partial charge in [-0.3, -0.25) is 4.79 Å². The van der Waals surface area contributed by atoms with Gasteiger partial charge in [-0.1, -0.05) is 0 Å². The summed E-state index contributed by atoms with van der Waals surface area (Å²) in [4.78, 5) is 18.6. The molecular weight excluding hydrogens is 216 g/mol. The summed E-state index contributed by atoms with van der Waals surface area (Å²) >= 11 is 0. The lowest BCUT2D eigenvalue weighted by atomic mass is 10.2. The van der Waals surface area contributed by atoms with Crippen molar-refractivity contribution in [3.05, 3.63) is 53.6 Å². The SMILES string of the molecule is N#Cc1ccc(C(=O)NCc2ccc[nH]2)nc1. The van der Waals surface area contributed by atoms with Crippen LogP contribution in [0.3, 0.4) is 0 Å². The van der Waals surface area contributed by atoms with Crippen molar-refractivity contribution in [1.82, 2.24) is 15.3 Å². The third kappa shape index (κ3) is 2.69. The van der Waals surface area contributed by atoms with Gasteiger partial charge in [-0.05, 0) is 24.3 Å². The van der Waals surface area contributed by atoms with E-state index in [0.29, 0.717) is 17.8 Å². The lowest BCUT2D eigenvalue weighted by Gasteiger charge is -2.02. The summed E-state index contributed by atoms with van der Waals surface area (Å²) in [5.74, 6) is -0.260. The summed E-state index contributed by atoms with van der Waals surface area (Å²) in [5.41, 5.74) is 1.66. The highest BCUT2D eigenvalue weighted by Crippen LogP contribution is 2.00. The third-order valence-electron chi connectivity index (χ3n) is 2.23. The van der Waals surface area contributed by atoms with Crippen LogP contribution in [0.15, 0.2) is 36.7 Å². The number of aromatic amines is 1. The number of amides is 1. The molecule has 0 aliphatic heterocycles. The molecule has 0 saturated heterocycles. The zero-order valence-corrected chi connectivity index (χ0v) is 8.97. The molecule has 17 heavy (non-hydrogen) atoms. The van der Waals surface area contributed by atoms with Crippen LogP contribution in [0.4, 0.5) is 0 Å². The Bertz CT molecular complexity index is 537. The summed E-state index contributed by atoms with van der Waals surface area (Å²) in [6, 6.07) is 8.79. The summed E-state index contributed by atoms with van der Waals surface area (Å²) < 4.78 is 0. The van der Waals surface area contributed by atoms with Gasteiger partial charge in [-0.25, -0.2) is 4.98 Å². The molecular formula is C12H10N4O. The van der Waals surface area contributed by atoms with E-state index in [1.807, 2.05) is 18.2 Å². The second-order valence-electron chi connectivity index (χ2n) is 3.42. The van der Waals surface area contributed by atoms with E-state index in [1.165, 1.54) is 12.3 Å². The molecule has 84 valence electrons. The number of nitriles is 1. The molecule has 2 N–H and O–H groups in total. The average Bonchev–Trinajstić information content (AvgIpc) is 2.89. The van der Waals surface area contributed by atoms with Crippen LogP contribution in [0.1, 0.15) is 21.7 Å². The fourth-order valence-electron chi connectivity index (χ4n) is 1.34. The Morgan fingerprint density at radius 2 is 2.35 bits per heavy atom. The second-order valence-corrected chi connectivity index (χ2v) is 3.42. The van der Waals surface area contributed by atoms with E-state index in [4.69, 9.17) is 5.26 Å². The molecule has 0 saturated carbocycles. The Kier molecular flexibility index (Phi) is 3.17. The van der Waals surface area contributed by atoms with Crippen LogP contribution >= 0.6 is 0 Å². The number of aromatic nitrogens is 2. The zero-order valence-electron chi connectivity index (χ0n) is 8.97. The molecule has 5 heteroatoms. The van der Waals surface area contributed by atoms with Crippen molar-refractivity contribution in [1.29, 1.82) is 5.26 Å². The number of nitrogens with one attached hydrogen (secondary N) is 2. The maximum absolute atomic E-state index is 11.7. The van der Waals surface area contributed by atoms with E-state index in [1.54, 1.807) is 12.3 Å². The van der Waals surface area contributed by atoms with Gasteiger partial charge < -0.3 is 10.3 Å². The van der Waals surface area contributed by atoms with Gasteiger partial charge in [0, 0.05) is 18.1 Å². The minimum absolute atomic E-state index is 0.260. The number of pyridine rings is 1. The molecule has 0 spiro atoms. The highest BCUT2D eigenvalue weighted by molar-refractivity contribution is 5.92. The quantitative estimate of drug-likeness (QED) is 0.825. The van der Waals surface area contributed by atoms with Crippen molar-refractivity contribution in [3.8, 4) is 6.07 Å². The number of carbonyl (C=O) groups excluding carboxylic acids is 1. The Hall–Kier alpha value is -2.61. The molecule has 2 rings (SSSR count). The predicted octanol–water partition coefficient (Wildman–Crippen LogP) is 1.21. The number of hydrogen-bond donors (Lipinski definition) is 2. The highest BCUT2D eigenvalue weighted by atomic mass is 16.1. The lowest BCUT2D eigenvalue weighted by molar-refractivity contribution is 0.0945. The summed E-state index contributed by atoms with van der Waals surface area (Å²) in [7, 11) is 0. The second kappa shape index (κ2) is 4.94. The van der Waals surface area contributed by atoms with Crippen molar-refractivity contribution < 1.29 is 4.79 Å². The van der Waals surface area contributed by atoms with Crippen LogP contribution in [-0.2, 0) is 6.54 Å². The first-order chi connectivity index (χ1) is 8.29. The molecule has 0 unspecified atom stereocenters. The summed E-state index contributed by atoms with van der Waals surface area (Å²) in [5, 5.41) is 11.3. The molecule has 0 aliphatic rings. The molecule has 0 radical (unpaired) electrons. The van der Waals surface area contributed by atoms with E-state index in [2.05, 4.69) is 15.3 Å². The average molecular weight is 226 g/mol. The Morgan fingerprint density at radius 1 is 1.47 bits per heavy atom. The Balaban J connectivity index is 1.97. The zero-order chi connectivity index (χ0) is 12.1. The van der Waals surface area contributed by atoms with E-state index in [-0.39, 0.29) is 5.91 Å². The molecule has 2 aromatic heterocycles. The number of carbonyl (C=O) groups is 1. The van der Waals surface area contributed by atoms with Gasteiger partial charge in [0.2, 0.25) is 0 Å². The van der Waals surface area contributed by atoms with Gasteiger partial charge >= 0.3 is 0 Å². The van der Waals surface area contributed by atoms with Crippen LogP contribution in [0, 0.1) is 11.3 Å². The van der Waals surface area contributed by atoms with E-state index in [0.717, 1.165) is 5.69 Å². The highest BCUT2D eigenvalue weighted by Gasteiger charge is 2.06. The van der Waals surface area contributed by atoms with Crippen molar-refractivity contribution in [3.63, 3.8) is 0 Å². The maximum atomic E-state index is 11.7. The minimum Gasteiger partial charge on any atom is -0.364 e. The fourth-order valence-corrected chi connectivity index (χ4v) is 1.34. The van der Waals surface area contributed by atoms with Gasteiger partial charge in [0.25, 0.3) is 5.91 Å². The van der Waals surface area contributed by atoms with Crippen LogP contribution in [0.5, 0.6) is 0 Å². The molecule has 0 atom stereocenters. The molecule has 0 bridgehead atoms. The summed E-state index contributed by atoms with van der Waals surface area (Å²) in [6.45, 7) is 0.424. The molecule has 2 aromatic rings. The molecule has 0 aliphatic carbocycles. The van der Waals surface area contributed by atoms with Gasteiger partial charge in [-0.15, -0.1) is 0 Å². The fraction of sp³-hybridized carbons (Fsp3) is 0.0833. The lowest BCUT2D eigenvalue weighted by Crippen LogP contribution is -2.23. The van der Waals surface area contributed by atoms with Gasteiger partial charge in [0.05, 0.1) is 12.1 Å². The van der Waals surface area contributed by atoms with Crippen molar-refractivity contribution >= 4 is 5.91 Å². The molecule has 0 aromatic carbocycles. The first-order valence-corrected chi connectivity index (χ1v) is 5.06. The molecule has 1 amide bonds. The molecule has 2 heterocycles. The standard InChI is InChI=1S/C12H10N4O/c13-6-9-3-4-11(15-7-9)12(17)16-8-10-2-1-5-14-10/h1-5,7,14H,8H2,(H,16,17). The molecule has 0 fully saturated rings. The number of hydrogen-bond acceptors (Lipinski definition) is 3. The maximum Gasteiger partial charge on any atom is 0.270 e. The minimum atomic E-state index is -0.260.